The van der Waals surface area contributed by atoms with Crippen LogP contribution in [0.15, 0.2) is 38.8 Å². The quantitative estimate of drug-likeness (QED) is 0.416. The number of hydrogen-bond acceptors (Lipinski definition) is 10. The molecule has 16 heteroatoms. The van der Waals surface area contributed by atoms with Gasteiger partial charge in [-0.25, -0.2) is 26.8 Å². The van der Waals surface area contributed by atoms with Crippen LogP contribution in [0.1, 0.15) is 24.1 Å². The van der Waals surface area contributed by atoms with Gasteiger partial charge in [-0.2, -0.15) is 4.31 Å². The van der Waals surface area contributed by atoms with Crippen LogP contribution in [-0.2, 0) is 31.5 Å². The highest BCUT2D eigenvalue weighted by Gasteiger charge is 2.42. The summed E-state index contributed by atoms with van der Waals surface area (Å²) < 4.78 is 55.0. The first-order valence-corrected chi connectivity index (χ1v) is 13.1. The van der Waals surface area contributed by atoms with E-state index in [1.807, 2.05) is 0 Å². The summed E-state index contributed by atoms with van der Waals surface area (Å²) in [5.74, 6) is 0.0235. The van der Waals surface area contributed by atoms with E-state index in [0.29, 0.717) is 11.3 Å². The third-order valence-electron chi connectivity index (χ3n) is 4.86. The minimum absolute atomic E-state index is 0.0235. The second kappa shape index (κ2) is 9.22. The van der Waals surface area contributed by atoms with Crippen LogP contribution in [0.3, 0.4) is 0 Å². The molecule has 1 aliphatic rings. The van der Waals surface area contributed by atoms with Gasteiger partial charge in [0.1, 0.15) is 20.8 Å². The average molecular weight is 521 g/mol. The van der Waals surface area contributed by atoms with Crippen LogP contribution in [0.4, 0.5) is 4.79 Å². The summed E-state index contributed by atoms with van der Waals surface area (Å²) in [6.07, 6.45) is -0.863. The number of thiophene rings is 1. The monoisotopic (exact) mass is 520 g/mol. The fourth-order valence-electron chi connectivity index (χ4n) is 3.26. The summed E-state index contributed by atoms with van der Waals surface area (Å²) in [5.41, 5.74) is 0.362. The Morgan fingerprint density at radius 3 is 2.67 bits per heavy atom. The van der Waals surface area contributed by atoms with Gasteiger partial charge in [0.15, 0.2) is 0 Å². The molecule has 1 amide bonds. The van der Waals surface area contributed by atoms with Crippen molar-refractivity contribution in [1.29, 1.82) is 0 Å². The molecule has 0 radical (unpaired) electrons. The van der Waals surface area contributed by atoms with Crippen LogP contribution >= 0.6 is 11.3 Å². The van der Waals surface area contributed by atoms with E-state index < -0.39 is 43.9 Å². The van der Waals surface area contributed by atoms with E-state index in [2.05, 4.69) is 4.84 Å². The Hall–Kier alpha value is -2.79. The first-order chi connectivity index (χ1) is 15.4. The van der Waals surface area contributed by atoms with E-state index >= 15 is 0 Å². The molecule has 180 valence electrons. The molecule has 1 atom stereocenters. The molecule has 1 aromatic carbocycles. The normalized spacial score (nSPS) is 17.7. The predicted molar refractivity (Wildman–Crippen MR) is 115 cm³/mol. The fourth-order valence-corrected chi connectivity index (χ4v) is 7.29. The van der Waals surface area contributed by atoms with Crippen LogP contribution in [0.25, 0.3) is 0 Å². The van der Waals surface area contributed by atoms with Crippen molar-refractivity contribution in [2.24, 2.45) is 5.14 Å². The topological polar surface area (TPSA) is 179 Å². The van der Waals surface area contributed by atoms with Crippen LogP contribution < -0.4 is 9.88 Å². The summed E-state index contributed by atoms with van der Waals surface area (Å²) >= 11 is 0.510. The molecule has 2 heterocycles. The summed E-state index contributed by atoms with van der Waals surface area (Å²) in [6, 6.07) is 6.35. The number of fused-ring (bicyclic) bond motifs is 1. The SMILES string of the molecule is CCN(C(=O)Oc1ccccc1CO[N+](=O)[O-])[C@H]1CN(C)S(=O)(=O)c2sc(S(N)(=O)=O)cc21. The lowest BCUT2D eigenvalue weighted by Gasteiger charge is -2.36. The molecule has 13 nitrogen and oxygen atoms in total. The number of rotatable bonds is 7. The molecule has 0 spiro atoms. The van der Waals surface area contributed by atoms with Crippen LogP contribution in [0.2, 0.25) is 0 Å². The Bertz CT molecular complexity index is 1290. The highest BCUT2D eigenvalue weighted by Crippen LogP contribution is 2.41. The van der Waals surface area contributed by atoms with Crippen LogP contribution in [0, 0.1) is 10.1 Å². The summed E-state index contributed by atoms with van der Waals surface area (Å²) in [4.78, 5) is 29.1. The van der Waals surface area contributed by atoms with E-state index in [1.165, 1.54) is 24.1 Å². The van der Waals surface area contributed by atoms with Crippen molar-refractivity contribution >= 4 is 37.5 Å². The van der Waals surface area contributed by atoms with E-state index in [0.717, 1.165) is 10.4 Å². The van der Waals surface area contributed by atoms with Gasteiger partial charge in [0.2, 0.25) is 10.0 Å². The van der Waals surface area contributed by atoms with Gasteiger partial charge in [0.05, 0.1) is 6.04 Å². The van der Waals surface area contributed by atoms with Gasteiger partial charge in [0.25, 0.3) is 15.1 Å². The maximum absolute atomic E-state index is 13.0. The molecule has 0 unspecified atom stereocenters. The number of hydrogen-bond donors (Lipinski definition) is 1. The Labute approximate surface area is 193 Å². The lowest BCUT2D eigenvalue weighted by Crippen LogP contribution is -2.46. The van der Waals surface area contributed by atoms with Crippen molar-refractivity contribution in [3.63, 3.8) is 0 Å². The van der Waals surface area contributed by atoms with Crippen molar-refractivity contribution < 1.29 is 36.3 Å². The maximum Gasteiger partial charge on any atom is 0.415 e. The standard InChI is InChI=1S/C17H20N4O9S3/c1-3-20(17(22)30-14-7-5-4-6-11(14)10-29-21(23)24)13-9-19(2)33(27,28)16-12(13)8-15(31-16)32(18,25)26/h4-8,13H,3,9-10H2,1-2H3,(H2,18,25,26)/t13-/m0/s1. The van der Waals surface area contributed by atoms with Crippen molar-refractivity contribution in [3.8, 4) is 5.75 Å². The number of carbonyl (C=O) groups is 1. The van der Waals surface area contributed by atoms with Crippen LogP contribution in [-0.4, -0.2) is 57.4 Å². The fraction of sp³-hybridized carbons (Fsp3) is 0.353. The molecule has 0 bridgehead atoms. The van der Waals surface area contributed by atoms with Crippen LogP contribution in [0.5, 0.6) is 5.75 Å². The van der Waals surface area contributed by atoms with Crippen molar-refractivity contribution in [2.75, 3.05) is 20.1 Å². The third kappa shape index (κ3) is 5.09. The van der Waals surface area contributed by atoms with Gasteiger partial charge in [-0.1, -0.05) is 18.2 Å². The third-order valence-corrected chi connectivity index (χ3v) is 9.78. The van der Waals surface area contributed by atoms with Crippen molar-refractivity contribution in [1.82, 2.24) is 9.21 Å². The molecule has 2 N–H and O–H groups in total. The number of nitrogens with zero attached hydrogens (tertiary/aromatic N) is 3. The second-order valence-electron chi connectivity index (χ2n) is 6.91. The number of primary sulfonamides is 1. The number of carbonyl (C=O) groups excluding carboxylic acids is 1. The molecule has 0 saturated carbocycles. The number of likely N-dealkylation sites (N-methyl/N-ethyl adjacent to an activating group) is 2. The molecular weight excluding hydrogens is 500 g/mol. The Balaban J connectivity index is 1.96. The number of ether oxygens (including phenoxy) is 1. The van der Waals surface area contributed by atoms with Crippen molar-refractivity contribution in [2.45, 2.75) is 28.0 Å². The lowest BCUT2D eigenvalue weighted by atomic mass is 10.1. The first kappa shape index (κ1) is 24.8. The van der Waals surface area contributed by atoms with E-state index in [9.17, 15) is 31.7 Å². The van der Waals surface area contributed by atoms with Gasteiger partial charge >= 0.3 is 6.09 Å². The lowest BCUT2D eigenvalue weighted by molar-refractivity contribution is -0.763. The van der Waals surface area contributed by atoms with Gasteiger partial charge in [-0.05, 0) is 19.1 Å². The van der Waals surface area contributed by atoms with Gasteiger partial charge in [-0.3, -0.25) is 4.90 Å². The van der Waals surface area contributed by atoms with Gasteiger partial charge in [0, 0.05) is 31.3 Å². The number of sulfonamides is 2. The molecule has 0 saturated heterocycles. The van der Waals surface area contributed by atoms with E-state index in [1.54, 1.807) is 19.1 Å². The van der Waals surface area contributed by atoms with Gasteiger partial charge < -0.3 is 9.57 Å². The smallest absolute Gasteiger partial charge is 0.410 e. The minimum Gasteiger partial charge on any atom is -0.410 e. The Morgan fingerprint density at radius 1 is 1.39 bits per heavy atom. The van der Waals surface area contributed by atoms with E-state index in [4.69, 9.17) is 9.88 Å². The van der Waals surface area contributed by atoms with Gasteiger partial charge in [-0.15, -0.1) is 21.5 Å². The largest absolute Gasteiger partial charge is 0.415 e. The molecule has 0 aliphatic carbocycles. The maximum atomic E-state index is 13.0. The summed E-state index contributed by atoms with van der Waals surface area (Å²) in [7, 11) is -6.83. The zero-order valence-electron chi connectivity index (χ0n) is 17.4. The van der Waals surface area contributed by atoms with Crippen molar-refractivity contribution in [3.05, 3.63) is 51.6 Å². The number of nitrogens with two attached hydrogens (primary N) is 1. The highest BCUT2D eigenvalue weighted by molar-refractivity contribution is 7.94. The Morgan fingerprint density at radius 2 is 2.06 bits per heavy atom. The minimum atomic E-state index is -4.18. The molecule has 1 aromatic heterocycles. The zero-order chi connectivity index (χ0) is 24.6. The van der Waals surface area contributed by atoms with E-state index in [-0.39, 0.29) is 38.4 Å². The molecule has 3 rings (SSSR count). The highest BCUT2D eigenvalue weighted by atomic mass is 32.3. The molecule has 1 aliphatic heterocycles. The second-order valence-corrected chi connectivity index (χ2v) is 12.0. The number of amides is 1. The number of benzene rings is 1. The molecule has 2 aromatic rings. The predicted octanol–water partition coefficient (Wildman–Crippen LogP) is 1.30. The number of para-hydroxylation sites is 1. The summed E-state index contributed by atoms with van der Waals surface area (Å²) in [6.45, 7) is 1.13. The molecule has 0 fully saturated rings. The zero-order valence-corrected chi connectivity index (χ0v) is 19.9. The molecular formula is C17H20N4O9S3. The Kier molecular flexibility index (Phi) is 6.94. The average Bonchev–Trinajstić information content (AvgIpc) is 3.19. The molecule has 33 heavy (non-hydrogen) atoms. The summed E-state index contributed by atoms with van der Waals surface area (Å²) in [5, 5.41) is 14.7. The first-order valence-electron chi connectivity index (χ1n) is 9.32.